The van der Waals surface area contributed by atoms with E-state index in [1.54, 1.807) is 0 Å². The topological polar surface area (TPSA) is 0 Å². The Morgan fingerprint density at radius 1 is 0.154 bits per heavy atom. The van der Waals surface area contributed by atoms with Gasteiger partial charge in [0, 0.05) is 346 Å². The Morgan fingerprint density at radius 2 is 0.154 bits per heavy atom. The first-order chi connectivity index (χ1) is 0. The van der Waals surface area contributed by atoms with Gasteiger partial charge in [0.2, 0.25) is 0 Å². The van der Waals surface area contributed by atoms with E-state index < -0.39 is 0 Å². The van der Waals surface area contributed by atoms with Crippen molar-refractivity contribution >= 4 is 0 Å². The summed E-state index contributed by atoms with van der Waals surface area (Å²) in [5, 5.41) is 0. The normalized spacial score (nSPS) is 0. The summed E-state index contributed by atoms with van der Waals surface area (Å²) in [5.41, 5.74) is 0. The number of hydrogen-bond donors (Lipinski definition) is 0. The predicted molar refractivity (Wildman–Crippen MR) is 0 cm³/mol. The summed E-state index contributed by atoms with van der Waals surface area (Å²) in [5.74, 6) is 0. The average Bonchev–Trinajstić information content (AvgIpc) is 0. The van der Waals surface area contributed by atoms with Gasteiger partial charge in [0.15, 0.2) is 0 Å². The average molecular weight is 1010 g/mol. The van der Waals surface area contributed by atoms with Gasteiger partial charge in [-0.1, -0.05) is 0 Å². The molecule has 13 heteroatoms. The zero-order valence-electron chi connectivity index (χ0n) is 6.29. The molecule has 0 amide bonds. The molecule has 0 bridgehead atoms. The SMILES string of the molecule is [Co].[Co].[Co].[Co].[Co].[Y].[Y].[Y].[Y].[Y].[Y].[Y].[Y]. The molecule has 0 aliphatic carbocycles. The molecule has 0 rings (SSSR count). The van der Waals surface area contributed by atoms with E-state index >= 15 is 0 Å². The molecule has 0 heterocycles. The number of rotatable bonds is 0. The van der Waals surface area contributed by atoms with Crippen LogP contribution in [-0.4, -0.2) is 0 Å². The van der Waals surface area contributed by atoms with E-state index in [9.17, 15) is 0 Å². The van der Waals surface area contributed by atoms with Gasteiger partial charge in [0.25, 0.3) is 0 Å². The molecule has 0 aliphatic rings. The molecule has 0 aromatic heterocycles. The van der Waals surface area contributed by atoms with Gasteiger partial charge < -0.3 is 0 Å². The van der Waals surface area contributed by atoms with E-state index in [1.807, 2.05) is 0 Å². The minimum Gasteiger partial charge on any atom is 0 e. The van der Waals surface area contributed by atoms with E-state index in [0.717, 1.165) is 0 Å². The van der Waals surface area contributed by atoms with Crippen LogP contribution in [0.5, 0.6) is 0 Å². The minimum absolute atomic E-state index is 0. The Balaban J connectivity index is 0. The van der Waals surface area contributed by atoms with E-state index in [0.29, 0.717) is 0 Å². The Labute approximate surface area is 334 Å². The summed E-state index contributed by atoms with van der Waals surface area (Å²) in [6.45, 7) is 0. The molecule has 0 unspecified atom stereocenters. The summed E-state index contributed by atoms with van der Waals surface area (Å²) in [7, 11) is 0. The van der Waals surface area contributed by atoms with Gasteiger partial charge in [0.1, 0.15) is 0 Å². The standard InChI is InChI=1S/5Co.8Y. The second-order valence-electron chi connectivity index (χ2n) is 0. The van der Waals surface area contributed by atoms with Gasteiger partial charge in [0.05, 0.1) is 0 Å². The summed E-state index contributed by atoms with van der Waals surface area (Å²) in [4.78, 5) is 0. The van der Waals surface area contributed by atoms with Crippen LogP contribution in [0.3, 0.4) is 0 Å². The maximum absolute atomic E-state index is 0. The Kier molecular flexibility index (Phi) is 717. The van der Waals surface area contributed by atoms with Crippen LogP contribution in [0, 0.1) is 0 Å². The maximum Gasteiger partial charge on any atom is 0 e. The molecule has 0 spiro atoms. The molecule has 69 valence electrons. The molecule has 0 N–H and O–H groups in total. The van der Waals surface area contributed by atoms with Gasteiger partial charge >= 0.3 is 0 Å². The van der Waals surface area contributed by atoms with Gasteiger partial charge in [-0.25, -0.2) is 0 Å². The quantitative estimate of drug-likeness (QED) is 0.321. The second-order valence-corrected chi connectivity index (χ2v) is 0. The fourth-order valence-electron chi connectivity index (χ4n) is 0. The summed E-state index contributed by atoms with van der Waals surface area (Å²) < 4.78 is 0. The van der Waals surface area contributed by atoms with Crippen LogP contribution in [-0.2, 0) is 346 Å². The van der Waals surface area contributed by atoms with Crippen molar-refractivity contribution in [3.63, 3.8) is 0 Å². The third kappa shape index (κ3) is 82.6. The minimum atomic E-state index is 0. The smallest absolute Gasteiger partial charge is 0 e. The van der Waals surface area contributed by atoms with Crippen molar-refractivity contribution in [3.05, 3.63) is 0 Å². The van der Waals surface area contributed by atoms with Crippen LogP contribution in [0.25, 0.3) is 0 Å². The molecule has 0 aliphatic heterocycles. The molecule has 0 saturated heterocycles. The zero-order valence-corrected chi connectivity index (χ0v) is 34.2. The molecular formula is Co5Y8. The van der Waals surface area contributed by atoms with Crippen LogP contribution < -0.4 is 0 Å². The van der Waals surface area contributed by atoms with Crippen LogP contribution in [0.2, 0.25) is 0 Å². The summed E-state index contributed by atoms with van der Waals surface area (Å²) in [6.07, 6.45) is 0. The van der Waals surface area contributed by atoms with Gasteiger partial charge in [-0.3, -0.25) is 0 Å². The van der Waals surface area contributed by atoms with E-state index in [2.05, 4.69) is 0 Å². The monoisotopic (exact) mass is 1010 g/mol. The van der Waals surface area contributed by atoms with Crippen LogP contribution in [0.1, 0.15) is 0 Å². The van der Waals surface area contributed by atoms with Crippen molar-refractivity contribution < 1.29 is 346 Å². The number of hydrogen-bond acceptors (Lipinski definition) is 0. The van der Waals surface area contributed by atoms with Crippen molar-refractivity contribution in [2.75, 3.05) is 0 Å². The van der Waals surface area contributed by atoms with Crippen LogP contribution in [0.15, 0.2) is 0 Å². The molecular weight excluding hydrogens is 1010 g/mol. The second kappa shape index (κ2) is 90.5. The zero-order chi connectivity index (χ0) is 0. The van der Waals surface area contributed by atoms with Crippen molar-refractivity contribution in [3.8, 4) is 0 Å². The molecule has 0 nitrogen and oxygen atoms in total. The molecule has 0 saturated carbocycles. The van der Waals surface area contributed by atoms with Crippen molar-refractivity contribution in [1.29, 1.82) is 0 Å². The van der Waals surface area contributed by atoms with E-state index in [-0.39, 0.29) is 346 Å². The van der Waals surface area contributed by atoms with Crippen molar-refractivity contribution in [2.45, 2.75) is 0 Å². The van der Waals surface area contributed by atoms with Crippen molar-refractivity contribution in [1.82, 2.24) is 0 Å². The largest absolute Gasteiger partial charge is 0 e. The summed E-state index contributed by atoms with van der Waals surface area (Å²) >= 11 is 0. The van der Waals surface area contributed by atoms with Gasteiger partial charge in [-0.2, -0.15) is 0 Å². The van der Waals surface area contributed by atoms with Gasteiger partial charge in [-0.15, -0.1) is 0 Å². The predicted octanol–water partition coefficient (Wildman–Crippen LogP) is -0.0325. The first kappa shape index (κ1) is 103. The molecule has 13 radical (unpaired) electrons. The maximum atomic E-state index is 0. The third-order valence-corrected chi connectivity index (χ3v) is 0. The first-order valence-corrected chi connectivity index (χ1v) is 0. The van der Waals surface area contributed by atoms with Crippen molar-refractivity contribution in [2.24, 2.45) is 0 Å². The third-order valence-electron chi connectivity index (χ3n) is 0. The molecule has 0 aromatic carbocycles. The van der Waals surface area contributed by atoms with E-state index in [4.69, 9.17) is 0 Å². The van der Waals surface area contributed by atoms with Crippen LogP contribution in [0.4, 0.5) is 0 Å². The first-order valence-electron chi connectivity index (χ1n) is 0. The Hall–Kier alpha value is 11.4. The Bertz CT molecular complexity index is 12.5. The Morgan fingerprint density at radius 3 is 0.154 bits per heavy atom. The van der Waals surface area contributed by atoms with Gasteiger partial charge in [-0.05, 0) is 0 Å². The molecule has 13 heavy (non-hydrogen) atoms. The molecule has 0 fully saturated rings. The molecule has 0 atom stereocenters. The molecule has 0 aromatic rings. The summed E-state index contributed by atoms with van der Waals surface area (Å²) in [6, 6.07) is 0. The fraction of sp³-hybridized carbons (Fsp3) is 0. The van der Waals surface area contributed by atoms with Crippen LogP contribution >= 0.6 is 0 Å². The van der Waals surface area contributed by atoms with E-state index in [1.165, 1.54) is 0 Å². The fourth-order valence-corrected chi connectivity index (χ4v) is 0.